The monoisotopic (exact) mass is 372 g/mol. The van der Waals surface area contributed by atoms with Crippen molar-refractivity contribution >= 4 is 5.82 Å². The summed E-state index contributed by atoms with van der Waals surface area (Å²) in [6.45, 7) is 4.13. The van der Waals surface area contributed by atoms with Gasteiger partial charge in [0.15, 0.2) is 0 Å². The third kappa shape index (κ3) is 4.23. The molecule has 1 N–H and O–H groups in total. The molecule has 0 aliphatic carbocycles. The lowest BCUT2D eigenvalue weighted by Crippen LogP contribution is -2.24. The summed E-state index contributed by atoms with van der Waals surface area (Å²) in [7, 11) is 1.93. The van der Waals surface area contributed by atoms with Crippen LogP contribution in [0, 0.1) is 6.92 Å². The largest absolute Gasteiger partial charge is 0.373 e. The van der Waals surface area contributed by atoms with E-state index in [9.17, 15) is 0 Å². The van der Waals surface area contributed by atoms with Gasteiger partial charge in [-0.2, -0.15) is 0 Å². The Bertz CT molecular complexity index is 920. The second-order valence-corrected chi connectivity index (χ2v) is 7.61. The smallest absolute Gasteiger partial charge is 0.130 e. The minimum atomic E-state index is 0.378. The summed E-state index contributed by atoms with van der Waals surface area (Å²) in [6.07, 6.45) is 5.10. The Morgan fingerprint density at radius 2 is 1.93 bits per heavy atom. The van der Waals surface area contributed by atoms with E-state index in [4.69, 9.17) is 4.98 Å². The summed E-state index contributed by atoms with van der Waals surface area (Å²) in [4.78, 5) is 12.0. The molecular formula is C24H28N4. The minimum absolute atomic E-state index is 0.378. The van der Waals surface area contributed by atoms with Gasteiger partial charge in [-0.25, -0.2) is 4.98 Å². The number of benzene rings is 1. The number of pyridine rings is 2. The first-order valence-corrected chi connectivity index (χ1v) is 10.1. The van der Waals surface area contributed by atoms with Crippen molar-refractivity contribution < 1.29 is 0 Å². The fraction of sp³-hybridized carbons (Fsp3) is 0.333. The molecular weight excluding hydrogens is 344 g/mol. The summed E-state index contributed by atoms with van der Waals surface area (Å²) in [5.74, 6) is 0.967. The maximum atomic E-state index is 5.03. The van der Waals surface area contributed by atoms with Gasteiger partial charge in [0, 0.05) is 37.5 Å². The van der Waals surface area contributed by atoms with Gasteiger partial charge in [-0.05, 0) is 50.1 Å². The number of hydrogen-bond acceptors (Lipinski definition) is 4. The van der Waals surface area contributed by atoms with Crippen molar-refractivity contribution in [3.05, 3.63) is 88.9 Å². The van der Waals surface area contributed by atoms with E-state index in [0.717, 1.165) is 37.4 Å². The van der Waals surface area contributed by atoms with E-state index in [1.165, 1.54) is 28.8 Å². The van der Waals surface area contributed by atoms with E-state index < -0.39 is 0 Å². The molecule has 28 heavy (non-hydrogen) atoms. The van der Waals surface area contributed by atoms with Crippen LogP contribution in [0.1, 0.15) is 47.0 Å². The van der Waals surface area contributed by atoms with Crippen LogP contribution in [0.4, 0.5) is 5.82 Å². The van der Waals surface area contributed by atoms with Crippen molar-refractivity contribution in [1.82, 2.24) is 14.9 Å². The first-order chi connectivity index (χ1) is 13.7. The number of nitrogens with one attached hydrogen (secondary N) is 1. The Hall–Kier alpha value is -2.72. The molecule has 1 aliphatic rings. The molecule has 2 aromatic heterocycles. The van der Waals surface area contributed by atoms with Crippen molar-refractivity contribution in [2.45, 2.75) is 38.8 Å². The molecule has 3 aromatic rings. The van der Waals surface area contributed by atoms with Gasteiger partial charge in [0.2, 0.25) is 0 Å². The van der Waals surface area contributed by atoms with Crippen molar-refractivity contribution in [2.75, 3.05) is 18.9 Å². The molecule has 0 unspecified atom stereocenters. The zero-order valence-corrected chi connectivity index (χ0v) is 16.7. The third-order valence-corrected chi connectivity index (χ3v) is 5.54. The lowest BCUT2D eigenvalue weighted by molar-refractivity contribution is 0.244. The first-order valence-electron chi connectivity index (χ1n) is 10.1. The van der Waals surface area contributed by atoms with E-state index >= 15 is 0 Å². The highest BCUT2D eigenvalue weighted by atomic mass is 15.2. The highest BCUT2D eigenvalue weighted by Crippen LogP contribution is 2.33. The van der Waals surface area contributed by atoms with Crippen LogP contribution in [-0.2, 0) is 13.0 Å². The number of anilines is 1. The van der Waals surface area contributed by atoms with Gasteiger partial charge in [0.1, 0.15) is 5.82 Å². The zero-order valence-electron chi connectivity index (χ0n) is 16.7. The van der Waals surface area contributed by atoms with Gasteiger partial charge in [-0.1, -0.05) is 42.0 Å². The molecule has 1 aromatic carbocycles. The highest BCUT2D eigenvalue weighted by molar-refractivity contribution is 5.43. The van der Waals surface area contributed by atoms with Crippen molar-refractivity contribution in [3.63, 3.8) is 0 Å². The Morgan fingerprint density at radius 1 is 1.07 bits per heavy atom. The van der Waals surface area contributed by atoms with Gasteiger partial charge in [-0.15, -0.1) is 0 Å². The Balaban J connectivity index is 1.52. The summed E-state index contributed by atoms with van der Waals surface area (Å²) < 4.78 is 0. The standard InChI is InChI=1S/C24H28N4/c1-18-10-12-19(13-11-18)16-21-7-3-8-22(27-21)23-9-5-15-28(23)17-20-6-4-14-26-24(20)25-2/h3-4,6-8,10-14,23H,5,9,15-17H2,1-2H3,(H,25,26)/t23-/m0/s1. The van der Waals surface area contributed by atoms with Crippen LogP contribution < -0.4 is 5.32 Å². The molecule has 4 rings (SSSR count). The van der Waals surface area contributed by atoms with Gasteiger partial charge in [0.25, 0.3) is 0 Å². The average molecular weight is 373 g/mol. The topological polar surface area (TPSA) is 41.1 Å². The van der Waals surface area contributed by atoms with Crippen LogP contribution in [0.2, 0.25) is 0 Å². The molecule has 1 saturated heterocycles. The van der Waals surface area contributed by atoms with Gasteiger partial charge in [0.05, 0.1) is 11.7 Å². The first kappa shape index (κ1) is 18.6. The molecule has 4 nitrogen and oxygen atoms in total. The minimum Gasteiger partial charge on any atom is -0.373 e. The molecule has 0 saturated carbocycles. The highest BCUT2D eigenvalue weighted by Gasteiger charge is 2.27. The van der Waals surface area contributed by atoms with Crippen molar-refractivity contribution in [1.29, 1.82) is 0 Å². The molecule has 0 spiro atoms. The summed E-state index contributed by atoms with van der Waals surface area (Å²) in [5.41, 5.74) is 6.19. The molecule has 0 bridgehead atoms. The SMILES string of the molecule is CNc1ncccc1CN1CCC[C@H]1c1cccc(Cc2ccc(C)cc2)n1. The van der Waals surface area contributed by atoms with Crippen LogP contribution in [0.25, 0.3) is 0 Å². The Morgan fingerprint density at radius 3 is 2.75 bits per heavy atom. The van der Waals surface area contributed by atoms with Gasteiger partial charge in [-0.3, -0.25) is 9.88 Å². The maximum Gasteiger partial charge on any atom is 0.130 e. The van der Waals surface area contributed by atoms with Crippen LogP contribution >= 0.6 is 0 Å². The molecule has 1 fully saturated rings. The van der Waals surface area contributed by atoms with Crippen LogP contribution in [-0.4, -0.2) is 28.5 Å². The predicted octanol–water partition coefficient (Wildman–Crippen LogP) is 4.75. The van der Waals surface area contributed by atoms with Gasteiger partial charge >= 0.3 is 0 Å². The van der Waals surface area contributed by atoms with Gasteiger partial charge < -0.3 is 5.32 Å². The van der Waals surface area contributed by atoms with Crippen LogP contribution in [0.15, 0.2) is 60.8 Å². The van der Waals surface area contributed by atoms with Crippen molar-refractivity contribution in [2.24, 2.45) is 0 Å². The lowest BCUT2D eigenvalue weighted by Gasteiger charge is -2.25. The summed E-state index contributed by atoms with van der Waals surface area (Å²) in [6, 6.07) is 19.8. The van der Waals surface area contributed by atoms with E-state index in [1.54, 1.807) is 0 Å². The molecule has 1 atom stereocenters. The maximum absolute atomic E-state index is 5.03. The fourth-order valence-electron chi connectivity index (χ4n) is 4.06. The third-order valence-electron chi connectivity index (χ3n) is 5.54. The predicted molar refractivity (Wildman–Crippen MR) is 114 cm³/mol. The van der Waals surface area contributed by atoms with Crippen LogP contribution in [0.5, 0.6) is 0 Å². The average Bonchev–Trinajstić information content (AvgIpc) is 3.19. The number of aromatic nitrogens is 2. The number of nitrogens with zero attached hydrogens (tertiary/aromatic N) is 3. The number of likely N-dealkylation sites (tertiary alicyclic amines) is 1. The second kappa shape index (κ2) is 8.53. The zero-order chi connectivity index (χ0) is 19.3. The van der Waals surface area contributed by atoms with E-state index in [2.05, 4.69) is 70.7 Å². The lowest BCUT2D eigenvalue weighted by atomic mass is 10.1. The number of rotatable bonds is 6. The van der Waals surface area contributed by atoms with E-state index in [0.29, 0.717) is 6.04 Å². The van der Waals surface area contributed by atoms with E-state index in [1.807, 2.05) is 19.3 Å². The van der Waals surface area contributed by atoms with Crippen LogP contribution in [0.3, 0.4) is 0 Å². The molecule has 144 valence electrons. The molecule has 1 aliphatic heterocycles. The molecule has 0 amide bonds. The summed E-state index contributed by atoms with van der Waals surface area (Å²) in [5, 5.41) is 3.21. The van der Waals surface area contributed by atoms with Crippen molar-refractivity contribution in [3.8, 4) is 0 Å². The second-order valence-electron chi connectivity index (χ2n) is 7.61. The number of hydrogen-bond donors (Lipinski definition) is 1. The Labute approximate surface area is 167 Å². The molecule has 0 radical (unpaired) electrons. The van der Waals surface area contributed by atoms with E-state index in [-0.39, 0.29) is 0 Å². The summed E-state index contributed by atoms with van der Waals surface area (Å²) >= 11 is 0. The molecule has 3 heterocycles. The Kier molecular flexibility index (Phi) is 5.68. The fourth-order valence-corrected chi connectivity index (χ4v) is 4.06. The normalized spacial score (nSPS) is 17.0. The quantitative estimate of drug-likeness (QED) is 0.678. The molecule has 4 heteroatoms. The number of aryl methyl sites for hydroxylation is 1.